The second-order valence-electron chi connectivity index (χ2n) is 6.29. The number of ether oxygens (including phenoxy) is 1. The Balaban J connectivity index is 1.45. The van der Waals surface area contributed by atoms with Crippen LogP contribution in [0, 0.1) is 0 Å². The molecule has 148 valence electrons. The molecular weight excluding hydrogens is 386 g/mol. The summed E-state index contributed by atoms with van der Waals surface area (Å²) in [7, 11) is 0. The third-order valence-corrected chi connectivity index (χ3v) is 4.76. The molecule has 0 aliphatic rings. The van der Waals surface area contributed by atoms with Crippen LogP contribution in [0.3, 0.4) is 0 Å². The molecule has 0 atom stereocenters. The molecule has 0 aliphatic carbocycles. The van der Waals surface area contributed by atoms with Gasteiger partial charge in [-0.2, -0.15) is 5.10 Å². The summed E-state index contributed by atoms with van der Waals surface area (Å²) < 4.78 is 5.73. The maximum absolute atomic E-state index is 12.2. The van der Waals surface area contributed by atoms with Gasteiger partial charge in [0, 0.05) is 11.4 Å². The summed E-state index contributed by atoms with van der Waals surface area (Å²) in [6.07, 6.45) is 0.0803. The summed E-state index contributed by atoms with van der Waals surface area (Å²) in [6, 6.07) is 20.6. The Hall–Kier alpha value is -3.45. The summed E-state index contributed by atoms with van der Waals surface area (Å²) in [6.45, 7) is 2.17. The Morgan fingerprint density at radius 1 is 1.00 bits per heavy atom. The van der Waals surface area contributed by atoms with E-state index in [4.69, 9.17) is 4.74 Å². The van der Waals surface area contributed by atoms with Gasteiger partial charge >= 0.3 is 0 Å². The van der Waals surface area contributed by atoms with Crippen molar-refractivity contribution in [2.45, 2.75) is 20.0 Å². The van der Waals surface area contributed by atoms with Crippen LogP contribution in [0.25, 0.3) is 0 Å². The second kappa shape index (κ2) is 10.2. The molecule has 0 fully saturated rings. The average Bonchev–Trinajstić information content (AvgIpc) is 3.27. The van der Waals surface area contributed by atoms with Gasteiger partial charge < -0.3 is 10.1 Å². The fourth-order valence-electron chi connectivity index (χ4n) is 2.46. The SMILES string of the molecule is C/C(CC(=O)Nc1ccc(OCc2ccccc2)cc1)=N\NC(=O)c1cccs1. The molecular formula is C22H21N3O3S. The summed E-state index contributed by atoms with van der Waals surface area (Å²) in [5, 5.41) is 8.59. The molecule has 29 heavy (non-hydrogen) atoms. The number of anilines is 1. The van der Waals surface area contributed by atoms with Crippen molar-refractivity contribution in [1.82, 2.24) is 5.43 Å². The Bertz CT molecular complexity index is 968. The monoisotopic (exact) mass is 407 g/mol. The number of rotatable bonds is 8. The minimum atomic E-state index is -0.286. The lowest BCUT2D eigenvalue weighted by atomic mass is 10.2. The van der Waals surface area contributed by atoms with Crippen molar-refractivity contribution in [3.05, 3.63) is 82.6 Å². The van der Waals surface area contributed by atoms with Crippen LogP contribution in [0.5, 0.6) is 5.75 Å². The second-order valence-corrected chi connectivity index (χ2v) is 7.24. The van der Waals surface area contributed by atoms with Gasteiger partial charge in [-0.1, -0.05) is 36.4 Å². The van der Waals surface area contributed by atoms with Gasteiger partial charge in [0.05, 0.1) is 11.3 Å². The van der Waals surface area contributed by atoms with E-state index in [1.807, 2.05) is 35.7 Å². The van der Waals surface area contributed by atoms with E-state index in [0.29, 0.717) is 22.9 Å². The number of hydrogen-bond acceptors (Lipinski definition) is 5. The van der Waals surface area contributed by atoms with Crippen LogP contribution < -0.4 is 15.5 Å². The molecule has 3 aromatic rings. The summed E-state index contributed by atoms with van der Waals surface area (Å²) in [4.78, 5) is 24.6. The fourth-order valence-corrected chi connectivity index (χ4v) is 3.08. The van der Waals surface area contributed by atoms with Gasteiger partial charge in [-0.25, -0.2) is 5.43 Å². The van der Waals surface area contributed by atoms with Crippen LogP contribution >= 0.6 is 11.3 Å². The lowest BCUT2D eigenvalue weighted by molar-refractivity contribution is -0.115. The van der Waals surface area contributed by atoms with Gasteiger partial charge in [0.15, 0.2) is 0 Å². The van der Waals surface area contributed by atoms with Crippen LogP contribution in [-0.2, 0) is 11.4 Å². The van der Waals surface area contributed by atoms with Crippen molar-refractivity contribution in [1.29, 1.82) is 0 Å². The maximum Gasteiger partial charge on any atom is 0.281 e. The van der Waals surface area contributed by atoms with E-state index in [-0.39, 0.29) is 18.2 Å². The highest BCUT2D eigenvalue weighted by Gasteiger charge is 2.08. The van der Waals surface area contributed by atoms with Crippen LogP contribution in [0.15, 0.2) is 77.2 Å². The van der Waals surface area contributed by atoms with Crippen molar-refractivity contribution in [2.24, 2.45) is 5.10 Å². The van der Waals surface area contributed by atoms with E-state index in [2.05, 4.69) is 15.8 Å². The topological polar surface area (TPSA) is 79.8 Å². The molecule has 3 rings (SSSR count). The number of hydrogen-bond donors (Lipinski definition) is 2. The summed E-state index contributed by atoms with van der Waals surface area (Å²) >= 11 is 1.33. The molecule has 0 saturated carbocycles. The van der Waals surface area contributed by atoms with E-state index in [9.17, 15) is 9.59 Å². The molecule has 0 aliphatic heterocycles. The number of carbonyl (C=O) groups is 2. The Morgan fingerprint density at radius 3 is 2.45 bits per heavy atom. The summed E-state index contributed by atoms with van der Waals surface area (Å²) in [5.41, 5.74) is 4.71. The zero-order valence-electron chi connectivity index (χ0n) is 15.9. The number of nitrogens with one attached hydrogen (secondary N) is 2. The first-order valence-electron chi connectivity index (χ1n) is 9.04. The Morgan fingerprint density at radius 2 is 1.76 bits per heavy atom. The first kappa shape index (κ1) is 20.3. The highest BCUT2D eigenvalue weighted by atomic mass is 32.1. The van der Waals surface area contributed by atoms with Gasteiger partial charge in [-0.15, -0.1) is 11.3 Å². The number of hydrazone groups is 1. The third-order valence-electron chi connectivity index (χ3n) is 3.90. The van der Waals surface area contributed by atoms with Crippen molar-refractivity contribution in [3.8, 4) is 5.75 Å². The first-order valence-corrected chi connectivity index (χ1v) is 9.92. The molecule has 2 aromatic carbocycles. The van der Waals surface area contributed by atoms with Gasteiger partial charge in [0.2, 0.25) is 5.91 Å². The molecule has 0 spiro atoms. The number of benzene rings is 2. The van der Waals surface area contributed by atoms with Crippen LogP contribution in [0.2, 0.25) is 0 Å². The predicted molar refractivity (Wildman–Crippen MR) is 115 cm³/mol. The molecule has 1 aromatic heterocycles. The smallest absolute Gasteiger partial charge is 0.281 e. The van der Waals surface area contributed by atoms with Crippen molar-refractivity contribution in [2.75, 3.05) is 5.32 Å². The zero-order chi connectivity index (χ0) is 20.5. The van der Waals surface area contributed by atoms with Gasteiger partial charge in [0.1, 0.15) is 12.4 Å². The number of amides is 2. The molecule has 7 heteroatoms. The highest BCUT2D eigenvalue weighted by Crippen LogP contribution is 2.17. The van der Waals surface area contributed by atoms with Gasteiger partial charge in [0.25, 0.3) is 5.91 Å². The maximum atomic E-state index is 12.2. The van der Waals surface area contributed by atoms with E-state index < -0.39 is 0 Å². The van der Waals surface area contributed by atoms with E-state index in [1.54, 1.807) is 43.3 Å². The molecule has 0 radical (unpaired) electrons. The minimum absolute atomic E-state index is 0.0803. The minimum Gasteiger partial charge on any atom is -0.489 e. The molecule has 0 unspecified atom stereocenters. The molecule has 0 bridgehead atoms. The quantitative estimate of drug-likeness (QED) is 0.427. The molecule has 6 nitrogen and oxygen atoms in total. The van der Waals surface area contributed by atoms with E-state index >= 15 is 0 Å². The van der Waals surface area contributed by atoms with Crippen molar-refractivity contribution in [3.63, 3.8) is 0 Å². The molecule has 2 N–H and O–H groups in total. The average molecular weight is 407 g/mol. The van der Waals surface area contributed by atoms with Crippen LogP contribution in [-0.4, -0.2) is 17.5 Å². The van der Waals surface area contributed by atoms with Gasteiger partial charge in [-0.05, 0) is 48.2 Å². The van der Waals surface area contributed by atoms with E-state index in [1.165, 1.54) is 11.3 Å². The van der Waals surface area contributed by atoms with Crippen LogP contribution in [0.1, 0.15) is 28.6 Å². The largest absolute Gasteiger partial charge is 0.489 e. The number of thiophene rings is 1. The lowest BCUT2D eigenvalue weighted by Gasteiger charge is -2.08. The van der Waals surface area contributed by atoms with Crippen molar-refractivity contribution < 1.29 is 14.3 Å². The fraction of sp³-hybridized carbons (Fsp3) is 0.136. The molecule has 0 saturated heterocycles. The highest BCUT2D eigenvalue weighted by molar-refractivity contribution is 7.12. The first-order chi connectivity index (χ1) is 14.1. The Labute approximate surface area is 173 Å². The van der Waals surface area contributed by atoms with E-state index in [0.717, 1.165) is 11.3 Å². The predicted octanol–water partition coefficient (Wildman–Crippen LogP) is 4.46. The normalized spacial score (nSPS) is 11.0. The summed E-state index contributed by atoms with van der Waals surface area (Å²) in [5.74, 6) is 0.223. The number of nitrogens with zero attached hydrogens (tertiary/aromatic N) is 1. The molecule has 2 amide bonds. The lowest BCUT2D eigenvalue weighted by Crippen LogP contribution is -2.20. The van der Waals surface area contributed by atoms with Crippen molar-refractivity contribution >= 4 is 34.6 Å². The number of carbonyl (C=O) groups excluding carboxylic acids is 2. The Kier molecular flexibility index (Phi) is 7.13. The van der Waals surface area contributed by atoms with Crippen LogP contribution in [0.4, 0.5) is 5.69 Å². The molecule has 1 heterocycles. The third kappa shape index (κ3) is 6.58. The standard InChI is InChI=1S/C22H21N3O3S/c1-16(24-25-22(27)20-8-5-13-29-20)14-21(26)23-18-9-11-19(12-10-18)28-15-17-6-3-2-4-7-17/h2-13H,14-15H2,1H3,(H,23,26)(H,25,27)/b24-16+. The zero-order valence-corrected chi connectivity index (χ0v) is 16.7. The van der Waals surface area contributed by atoms with Gasteiger partial charge in [-0.3, -0.25) is 9.59 Å².